The van der Waals surface area contributed by atoms with E-state index in [4.69, 9.17) is 9.47 Å². The van der Waals surface area contributed by atoms with E-state index in [1.807, 2.05) is 12.1 Å². The molecule has 1 heterocycles. The Hall–Kier alpha value is -1.39. The molecule has 0 radical (unpaired) electrons. The second-order valence-corrected chi connectivity index (χ2v) is 6.90. The predicted octanol–water partition coefficient (Wildman–Crippen LogP) is 1.85. The molecule has 0 aromatic heterocycles. The minimum Gasteiger partial charge on any atom is -0.491 e. The summed E-state index contributed by atoms with van der Waals surface area (Å²) in [6.45, 7) is 11.8. The van der Waals surface area contributed by atoms with E-state index in [-0.39, 0.29) is 5.78 Å². The lowest BCUT2D eigenvalue weighted by Crippen LogP contribution is -3.14. The zero-order valence-corrected chi connectivity index (χ0v) is 14.6. The summed E-state index contributed by atoms with van der Waals surface area (Å²) in [4.78, 5) is 13.0. The molecule has 2 atom stereocenters. The van der Waals surface area contributed by atoms with Crippen molar-refractivity contribution in [3.8, 4) is 5.75 Å². The van der Waals surface area contributed by atoms with Gasteiger partial charge in [0.15, 0.2) is 5.78 Å². The van der Waals surface area contributed by atoms with Crippen LogP contribution < -0.4 is 9.64 Å². The predicted molar refractivity (Wildman–Crippen MR) is 91.3 cm³/mol. The van der Waals surface area contributed by atoms with Gasteiger partial charge in [-0.05, 0) is 25.5 Å². The summed E-state index contributed by atoms with van der Waals surface area (Å²) in [5.74, 6) is 2.43. The Morgan fingerprint density at radius 1 is 1.17 bits per heavy atom. The van der Waals surface area contributed by atoms with E-state index < -0.39 is 0 Å². The quantitative estimate of drug-likeness (QED) is 0.587. The number of ether oxygens (including phenoxy) is 2. The lowest BCUT2D eigenvalue weighted by molar-refractivity contribution is -0.912. The zero-order chi connectivity index (χ0) is 16.7. The molecule has 23 heavy (non-hydrogen) atoms. The molecular formula is C19H30NO3+. The van der Waals surface area contributed by atoms with Crippen LogP contribution in [0.4, 0.5) is 0 Å². The van der Waals surface area contributed by atoms with Crippen molar-refractivity contribution >= 4 is 5.78 Å². The molecule has 0 bridgehead atoms. The van der Waals surface area contributed by atoms with Crippen LogP contribution in [0, 0.1) is 11.8 Å². The first-order chi connectivity index (χ1) is 11.0. The van der Waals surface area contributed by atoms with E-state index in [1.54, 1.807) is 24.0 Å². The third kappa shape index (κ3) is 6.32. The molecule has 1 saturated heterocycles. The standard InChI is InChI=1S/C19H29NO3/c1-15-11-16(2)14-20(13-15)7-8-22-9-10-23-19-6-4-5-18(12-19)17(3)21/h4-6,12,15-16H,7-11,13-14H2,1-3H3/p+1/t15-,16-/m0/s1. The summed E-state index contributed by atoms with van der Waals surface area (Å²) in [5, 5.41) is 0. The average Bonchev–Trinajstić information content (AvgIpc) is 2.50. The van der Waals surface area contributed by atoms with Crippen molar-refractivity contribution in [2.45, 2.75) is 27.2 Å². The van der Waals surface area contributed by atoms with E-state index in [0.717, 1.165) is 30.7 Å². The molecular weight excluding hydrogens is 290 g/mol. The molecule has 0 unspecified atom stereocenters. The van der Waals surface area contributed by atoms with Crippen LogP contribution in [-0.4, -0.2) is 45.2 Å². The largest absolute Gasteiger partial charge is 0.491 e. The second kappa shape index (κ2) is 9.04. The van der Waals surface area contributed by atoms with Crippen LogP contribution in [0.2, 0.25) is 0 Å². The smallest absolute Gasteiger partial charge is 0.159 e. The minimum absolute atomic E-state index is 0.0552. The SMILES string of the molecule is CC(=O)c1cccc(OCCOCC[NH+]2C[C@@H](C)C[C@H](C)C2)c1. The van der Waals surface area contributed by atoms with E-state index in [2.05, 4.69) is 13.8 Å². The number of quaternary nitrogens is 1. The van der Waals surface area contributed by atoms with E-state index >= 15 is 0 Å². The Bertz CT molecular complexity index is 493. The first-order valence-electron chi connectivity index (χ1n) is 8.69. The monoisotopic (exact) mass is 320 g/mol. The summed E-state index contributed by atoms with van der Waals surface area (Å²) in [6.07, 6.45) is 1.36. The molecule has 1 N–H and O–H groups in total. The Balaban J connectivity index is 1.59. The van der Waals surface area contributed by atoms with Gasteiger partial charge >= 0.3 is 0 Å². The van der Waals surface area contributed by atoms with Crippen molar-refractivity contribution in [3.05, 3.63) is 29.8 Å². The van der Waals surface area contributed by atoms with Crippen LogP contribution in [0.3, 0.4) is 0 Å². The molecule has 1 aliphatic rings. The van der Waals surface area contributed by atoms with Gasteiger partial charge < -0.3 is 14.4 Å². The van der Waals surface area contributed by atoms with Crippen LogP contribution >= 0.6 is 0 Å². The summed E-state index contributed by atoms with van der Waals surface area (Å²) in [7, 11) is 0. The number of rotatable bonds is 8. The highest BCUT2D eigenvalue weighted by molar-refractivity contribution is 5.94. The molecule has 128 valence electrons. The Morgan fingerprint density at radius 3 is 2.61 bits per heavy atom. The molecule has 0 saturated carbocycles. The van der Waals surface area contributed by atoms with Gasteiger partial charge in [-0.2, -0.15) is 0 Å². The number of carbonyl (C=O) groups is 1. The molecule has 1 fully saturated rings. The van der Waals surface area contributed by atoms with Gasteiger partial charge in [0, 0.05) is 17.4 Å². The van der Waals surface area contributed by atoms with Gasteiger partial charge in [0.25, 0.3) is 0 Å². The Morgan fingerprint density at radius 2 is 1.91 bits per heavy atom. The number of hydrogen-bond acceptors (Lipinski definition) is 3. The molecule has 1 aliphatic heterocycles. The fourth-order valence-corrected chi connectivity index (χ4v) is 3.47. The molecule has 0 aliphatic carbocycles. The normalized spacial score (nSPS) is 24.4. The number of nitrogens with one attached hydrogen (secondary N) is 1. The first-order valence-corrected chi connectivity index (χ1v) is 8.69. The first kappa shape index (κ1) is 18.0. The maximum absolute atomic E-state index is 11.3. The fraction of sp³-hybridized carbons (Fsp3) is 0.632. The molecule has 4 heteroatoms. The number of Topliss-reactive ketones (excluding diaryl/α,β-unsaturated/α-hetero) is 1. The lowest BCUT2D eigenvalue weighted by Gasteiger charge is -2.31. The maximum Gasteiger partial charge on any atom is 0.159 e. The Labute approximate surface area is 139 Å². The molecule has 0 amide bonds. The van der Waals surface area contributed by atoms with Gasteiger partial charge in [-0.3, -0.25) is 4.79 Å². The van der Waals surface area contributed by atoms with Crippen molar-refractivity contribution < 1.29 is 19.2 Å². The number of ketones is 1. The number of likely N-dealkylation sites (tertiary alicyclic amines) is 1. The van der Waals surface area contributed by atoms with Gasteiger partial charge in [-0.1, -0.05) is 26.0 Å². The summed E-state index contributed by atoms with van der Waals surface area (Å²) in [5.41, 5.74) is 0.681. The van der Waals surface area contributed by atoms with Crippen LogP contribution in [0.5, 0.6) is 5.75 Å². The van der Waals surface area contributed by atoms with Crippen molar-refractivity contribution in [1.29, 1.82) is 0 Å². The van der Waals surface area contributed by atoms with Crippen molar-refractivity contribution in [3.63, 3.8) is 0 Å². The highest BCUT2D eigenvalue weighted by Crippen LogP contribution is 2.13. The molecule has 4 nitrogen and oxygen atoms in total. The number of hydrogen-bond donors (Lipinski definition) is 1. The highest BCUT2D eigenvalue weighted by atomic mass is 16.5. The number of piperidine rings is 1. The number of carbonyl (C=O) groups excluding carboxylic acids is 1. The summed E-state index contributed by atoms with van der Waals surface area (Å²) < 4.78 is 11.3. The topological polar surface area (TPSA) is 40.0 Å². The van der Waals surface area contributed by atoms with Crippen LogP contribution in [0.15, 0.2) is 24.3 Å². The molecule has 1 aromatic carbocycles. The molecule has 0 spiro atoms. The van der Waals surface area contributed by atoms with E-state index in [1.165, 1.54) is 19.5 Å². The highest BCUT2D eigenvalue weighted by Gasteiger charge is 2.24. The van der Waals surface area contributed by atoms with Crippen molar-refractivity contribution in [1.82, 2.24) is 0 Å². The fourth-order valence-electron chi connectivity index (χ4n) is 3.47. The summed E-state index contributed by atoms with van der Waals surface area (Å²) >= 11 is 0. The van der Waals surface area contributed by atoms with Gasteiger partial charge in [-0.25, -0.2) is 0 Å². The van der Waals surface area contributed by atoms with Gasteiger partial charge in [0.1, 0.15) is 18.9 Å². The van der Waals surface area contributed by atoms with Crippen LogP contribution in [0.25, 0.3) is 0 Å². The van der Waals surface area contributed by atoms with Gasteiger partial charge in [0.05, 0.1) is 26.3 Å². The summed E-state index contributed by atoms with van der Waals surface area (Å²) in [6, 6.07) is 7.29. The average molecular weight is 320 g/mol. The number of benzene rings is 1. The zero-order valence-electron chi connectivity index (χ0n) is 14.6. The van der Waals surface area contributed by atoms with Gasteiger partial charge in [0.2, 0.25) is 0 Å². The second-order valence-electron chi connectivity index (χ2n) is 6.90. The van der Waals surface area contributed by atoms with E-state index in [0.29, 0.717) is 18.8 Å². The van der Waals surface area contributed by atoms with Crippen molar-refractivity contribution in [2.75, 3.05) is 39.5 Å². The van der Waals surface area contributed by atoms with Crippen LogP contribution in [0.1, 0.15) is 37.6 Å². The third-order valence-electron chi connectivity index (χ3n) is 4.42. The molecule has 2 rings (SSSR count). The Kier molecular flexibility index (Phi) is 7.06. The van der Waals surface area contributed by atoms with E-state index in [9.17, 15) is 4.79 Å². The van der Waals surface area contributed by atoms with Crippen molar-refractivity contribution in [2.24, 2.45) is 11.8 Å². The maximum atomic E-state index is 11.3. The molecule has 1 aromatic rings. The van der Waals surface area contributed by atoms with Crippen LogP contribution in [-0.2, 0) is 4.74 Å². The lowest BCUT2D eigenvalue weighted by atomic mass is 9.92. The van der Waals surface area contributed by atoms with Gasteiger partial charge in [-0.15, -0.1) is 0 Å². The minimum atomic E-state index is 0.0552. The third-order valence-corrected chi connectivity index (χ3v) is 4.42.